The Morgan fingerprint density at radius 1 is 1.25 bits per heavy atom. The molecule has 6 nitrogen and oxygen atoms in total. The van der Waals surface area contributed by atoms with Gasteiger partial charge in [0.15, 0.2) is 5.96 Å². The molecule has 1 aliphatic heterocycles. The molecule has 2 rings (SSSR count). The molecule has 1 fully saturated rings. The van der Waals surface area contributed by atoms with Crippen LogP contribution in [0.5, 0.6) is 0 Å². The van der Waals surface area contributed by atoms with E-state index in [2.05, 4.69) is 41.3 Å². The molecule has 8 heteroatoms. The molecule has 28 heavy (non-hydrogen) atoms. The van der Waals surface area contributed by atoms with E-state index in [0.29, 0.717) is 6.04 Å². The Balaban J connectivity index is 0.00000392. The van der Waals surface area contributed by atoms with Crippen LogP contribution in [0.1, 0.15) is 19.4 Å². The minimum absolute atomic E-state index is 0. The third-order valence-corrected chi connectivity index (χ3v) is 4.68. The van der Waals surface area contributed by atoms with Gasteiger partial charge in [0.05, 0.1) is 19.8 Å². The Labute approximate surface area is 185 Å². The number of hydrogen-bond acceptors (Lipinski definition) is 4. The van der Waals surface area contributed by atoms with E-state index in [1.807, 2.05) is 12.1 Å². The second-order valence-corrected chi connectivity index (χ2v) is 7.01. The molecule has 1 unspecified atom stereocenters. The number of benzene rings is 1. The monoisotopic (exact) mass is 507 g/mol. The smallest absolute Gasteiger partial charge is 0.191 e. The normalized spacial score (nSPS) is 16.5. The third kappa shape index (κ3) is 9.49. The number of rotatable bonds is 9. The molecule has 0 bridgehead atoms. The topological polar surface area (TPSA) is 52.1 Å². The van der Waals surface area contributed by atoms with Crippen LogP contribution in [0.3, 0.4) is 0 Å². The molecule has 0 amide bonds. The van der Waals surface area contributed by atoms with Crippen molar-refractivity contribution in [3.63, 3.8) is 0 Å². The number of nitrogens with zero attached hydrogens (tertiary/aromatic N) is 3. The summed E-state index contributed by atoms with van der Waals surface area (Å²) in [5.41, 5.74) is 1.11. The van der Waals surface area contributed by atoms with Gasteiger partial charge in [0.25, 0.3) is 0 Å². The third-order valence-electron chi connectivity index (χ3n) is 4.68. The molecule has 1 heterocycles. The number of aliphatic imine (C=N–C) groups is 1. The summed E-state index contributed by atoms with van der Waals surface area (Å²) in [6.07, 6.45) is 0. The van der Waals surface area contributed by atoms with Gasteiger partial charge < -0.3 is 20.3 Å². The summed E-state index contributed by atoms with van der Waals surface area (Å²) in [5, 5.41) is 6.70. The van der Waals surface area contributed by atoms with Crippen molar-refractivity contribution in [1.29, 1.82) is 0 Å². The first-order valence-corrected chi connectivity index (χ1v) is 9.85. The molecule has 1 aliphatic rings. The average Bonchev–Trinajstić information content (AvgIpc) is 2.68. The fraction of sp³-hybridized carbons (Fsp3) is 0.650. The van der Waals surface area contributed by atoms with Crippen molar-refractivity contribution in [2.24, 2.45) is 4.99 Å². The maximum Gasteiger partial charge on any atom is 0.191 e. The highest BCUT2D eigenvalue weighted by molar-refractivity contribution is 14.0. The second-order valence-electron chi connectivity index (χ2n) is 7.01. The lowest BCUT2D eigenvalue weighted by Gasteiger charge is -2.31. The van der Waals surface area contributed by atoms with Gasteiger partial charge in [-0.15, -0.1) is 24.0 Å². The van der Waals surface area contributed by atoms with Gasteiger partial charge in [0.1, 0.15) is 5.82 Å². The van der Waals surface area contributed by atoms with E-state index in [9.17, 15) is 4.39 Å². The van der Waals surface area contributed by atoms with Gasteiger partial charge in [-0.3, -0.25) is 9.89 Å². The molecule has 0 aliphatic carbocycles. The van der Waals surface area contributed by atoms with E-state index in [1.165, 1.54) is 12.1 Å². The Hall–Kier alpha value is -0.970. The van der Waals surface area contributed by atoms with Crippen molar-refractivity contribution < 1.29 is 9.13 Å². The van der Waals surface area contributed by atoms with Gasteiger partial charge in [-0.25, -0.2) is 4.39 Å². The molecule has 0 spiro atoms. The van der Waals surface area contributed by atoms with Crippen LogP contribution >= 0.6 is 24.0 Å². The number of guanidine groups is 1. The lowest BCUT2D eigenvalue weighted by atomic mass is 10.2. The van der Waals surface area contributed by atoms with Crippen LogP contribution in [0, 0.1) is 5.82 Å². The van der Waals surface area contributed by atoms with Crippen LogP contribution in [0.4, 0.5) is 4.39 Å². The fourth-order valence-corrected chi connectivity index (χ4v) is 3.04. The predicted octanol–water partition coefficient (Wildman–Crippen LogP) is 2.15. The highest BCUT2D eigenvalue weighted by Crippen LogP contribution is 2.05. The molecule has 0 radical (unpaired) electrons. The van der Waals surface area contributed by atoms with Gasteiger partial charge in [0, 0.05) is 45.3 Å². The molecule has 1 aromatic carbocycles. The van der Waals surface area contributed by atoms with Crippen LogP contribution in [0.15, 0.2) is 29.3 Å². The van der Waals surface area contributed by atoms with Crippen molar-refractivity contribution >= 4 is 29.9 Å². The molecule has 1 aromatic rings. The summed E-state index contributed by atoms with van der Waals surface area (Å²) < 4.78 is 18.4. The summed E-state index contributed by atoms with van der Waals surface area (Å²) in [7, 11) is 2.07. The highest BCUT2D eigenvalue weighted by Gasteiger charge is 2.16. The largest absolute Gasteiger partial charge is 0.379 e. The van der Waals surface area contributed by atoms with E-state index in [4.69, 9.17) is 9.73 Å². The first-order valence-electron chi connectivity index (χ1n) is 9.85. The van der Waals surface area contributed by atoms with Crippen molar-refractivity contribution in [2.75, 3.05) is 59.5 Å². The standard InChI is InChI=1S/C20H34FN5O.HI/c1-4-22-20(24-15-17(2)26-11-13-27-14-12-26)23-9-10-25(3)16-18-5-7-19(21)8-6-18;/h5-8,17H,4,9-16H2,1-3H3,(H2,22,23,24);1H. The molecule has 2 N–H and O–H groups in total. The highest BCUT2D eigenvalue weighted by atomic mass is 127. The fourth-order valence-electron chi connectivity index (χ4n) is 3.04. The van der Waals surface area contributed by atoms with Crippen molar-refractivity contribution in [3.05, 3.63) is 35.6 Å². The van der Waals surface area contributed by atoms with E-state index < -0.39 is 0 Å². The SMILES string of the molecule is CCNC(=NCC(C)N1CCOCC1)NCCN(C)Cc1ccc(F)cc1.I. The maximum absolute atomic E-state index is 13.0. The second kappa shape index (κ2) is 14.1. The van der Waals surface area contributed by atoms with Gasteiger partial charge in [-0.1, -0.05) is 12.1 Å². The summed E-state index contributed by atoms with van der Waals surface area (Å²) in [6.45, 7) is 11.9. The van der Waals surface area contributed by atoms with Crippen LogP contribution in [0.25, 0.3) is 0 Å². The number of morpholine rings is 1. The van der Waals surface area contributed by atoms with Crippen molar-refractivity contribution in [3.8, 4) is 0 Å². The molecular formula is C20H35FIN5O. The van der Waals surface area contributed by atoms with Gasteiger partial charge in [-0.2, -0.15) is 0 Å². The molecule has 1 atom stereocenters. The zero-order valence-electron chi connectivity index (χ0n) is 17.3. The zero-order chi connectivity index (χ0) is 19.5. The number of ether oxygens (including phenoxy) is 1. The maximum atomic E-state index is 13.0. The van der Waals surface area contributed by atoms with E-state index in [1.54, 1.807) is 0 Å². The quantitative estimate of drug-likeness (QED) is 0.305. The molecular weight excluding hydrogens is 472 g/mol. The van der Waals surface area contributed by atoms with E-state index in [-0.39, 0.29) is 29.8 Å². The summed E-state index contributed by atoms with van der Waals surface area (Å²) in [6, 6.07) is 7.08. The summed E-state index contributed by atoms with van der Waals surface area (Å²) in [4.78, 5) is 9.36. The molecule has 0 aromatic heterocycles. The number of hydrogen-bond donors (Lipinski definition) is 2. The van der Waals surface area contributed by atoms with Gasteiger partial charge in [-0.05, 0) is 38.6 Å². The van der Waals surface area contributed by atoms with Crippen molar-refractivity contribution in [2.45, 2.75) is 26.4 Å². The Morgan fingerprint density at radius 2 is 1.93 bits per heavy atom. The minimum atomic E-state index is -0.194. The Bertz CT molecular complexity index is 566. The summed E-state index contributed by atoms with van der Waals surface area (Å²) in [5.74, 6) is 0.661. The molecule has 1 saturated heterocycles. The first kappa shape index (κ1) is 25.1. The lowest BCUT2D eigenvalue weighted by Crippen LogP contribution is -2.45. The van der Waals surface area contributed by atoms with Crippen LogP contribution in [0.2, 0.25) is 0 Å². The summed E-state index contributed by atoms with van der Waals surface area (Å²) >= 11 is 0. The number of nitrogens with one attached hydrogen (secondary N) is 2. The number of halogens is 2. The average molecular weight is 507 g/mol. The zero-order valence-corrected chi connectivity index (χ0v) is 19.6. The van der Waals surface area contributed by atoms with E-state index in [0.717, 1.165) is 70.6 Å². The van der Waals surface area contributed by atoms with Crippen molar-refractivity contribution in [1.82, 2.24) is 20.4 Å². The van der Waals surface area contributed by atoms with Crippen LogP contribution in [-0.4, -0.2) is 81.3 Å². The Morgan fingerprint density at radius 3 is 2.57 bits per heavy atom. The molecule has 0 saturated carbocycles. The van der Waals surface area contributed by atoms with Gasteiger partial charge in [0.2, 0.25) is 0 Å². The van der Waals surface area contributed by atoms with E-state index >= 15 is 0 Å². The first-order chi connectivity index (χ1) is 13.1. The Kier molecular flexibility index (Phi) is 12.6. The van der Waals surface area contributed by atoms with Gasteiger partial charge >= 0.3 is 0 Å². The minimum Gasteiger partial charge on any atom is -0.379 e. The lowest BCUT2D eigenvalue weighted by molar-refractivity contribution is 0.0220. The van der Waals surface area contributed by atoms with Crippen LogP contribution in [-0.2, 0) is 11.3 Å². The number of likely N-dealkylation sites (N-methyl/N-ethyl adjacent to an activating group) is 1. The predicted molar refractivity (Wildman–Crippen MR) is 124 cm³/mol. The van der Waals surface area contributed by atoms with Crippen LogP contribution < -0.4 is 10.6 Å². The molecule has 160 valence electrons.